The van der Waals surface area contributed by atoms with E-state index in [-0.39, 0.29) is 5.91 Å². The standard InChI is InChI=1S/C19H22BrNO2/c1-5-8-23-17-7-6-15(11-16(17)20)19(22)21-18-13(3)9-12(2)10-14(18)4/h6-7,9-11H,5,8H2,1-4H3,(H,21,22). The number of amides is 1. The fourth-order valence-corrected chi connectivity index (χ4v) is 3.03. The Kier molecular flexibility index (Phi) is 5.83. The Balaban J connectivity index is 2.20. The van der Waals surface area contributed by atoms with Crippen molar-refractivity contribution in [2.75, 3.05) is 11.9 Å². The summed E-state index contributed by atoms with van der Waals surface area (Å²) in [5, 5.41) is 3.01. The van der Waals surface area contributed by atoms with Crippen LogP contribution in [0.2, 0.25) is 0 Å². The molecule has 3 nitrogen and oxygen atoms in total. The molecule has 0 saturated heterocycles. The van der Waals surface area contributed by atoms with Gasteiger partial charge in [0.2, 0.25) is 0 Å². The lowest BCUT2D eigenvalue weighted by Crippen LogP contribution is -2.14. The summed E-state index contributed by atoms with van der Waals surface area (Å²) in [5.41, 5.74) is 4.80. The maximum absolute atomic E-state index is 12.5. The van der Waals surface area contributed by atoms with Crippen LogP contribution in [0.1, 0.15) is 40.4 Å². The Hall–Kier alpha value is -1.81. The summed E-state index contributed by atoms with van der Waals surface area (Å²) in [6, 6.07) is 9.53. The van der Waals surface area contributed by atoms with Crippen molar-refractivity contribution in [2.45, 2.75) is 34.1 Å². The average molecular weight is 376 g/mol. The molecule has 2 aromatic carbocycles. The summed E-state index contributed by atoms with van der Waals surface area (Å²) in [6.07, 6.45) is 0.945. The highest BCUT2D eigenvalue weighted by atomic mass is 79.9. The molecule has 0 atom stereocenters. The molecule has 0 radical (unpaired) electrons. The molecular formula is C19H22BrNO2. The molecule has 0 saturated carbocycles. The first-order chi connectivity index (χ1) is 10.9. The maximum Gasteiger partial charge on any atom is 0.255 e. The molecule has 0 bridgehead atoms. The predicted octanol–water partition coefficient (Wildman–Crippen LogP) is 5.42. The molecule has 2 aromatic rings. The third-order valence-electron chi connectivity index (χ3n) is 3.57. The van der Waals surface area contributed by atoms with Gasteiger partial charge in [-0.25, -0.2) is 0 Å². The fraction of sp³-hybridized carbons (Fsp3) is 0.316. The third kappa shape index (κ3) is 4.35. The van der Waals surface area contributed by atoms with E-state index in [1.165, 1.54) is 5.56 Å². The minimum atomic E-state index is -0.122. The highest BCUT2D eigenvalue weighted by Crippen LogP contribution is 2.27. The van der Waals surface area contributed by atoms with E-state index >= 15 is 0 Å². The van der Waals surface area contributed by atoms with E-state index in [1.807, 2.05) is 19.9 Å². The maximum atomic E-state index is 12.5. The smallest absolute Gasteiger partial charge is 0.255 e. The molecule has 0 aliphatic heterocycles. The van der Waals surface area contributed by atoms with Crippen molar-refractivity contribution < 1.29 is 9.53 Å². The lowest BCUT2D eigenvalue weighted by atomic mass is 10.0. The minimum Gasteiger partial charge on any atom is -0.492 e. The summed E-state index contributed by atoms with van der Waals surface area (Å²) in [5.74, 6) is 0.633. The number of hydrogen-bond donors (Lipinski definition) is 1. The Morgan fingerprint density at radius 3 is 2.35 bits per heavy atom. The molecule has 0 aliphatic rings. The lowest BCUT2D eigenvalue weighted by molar-refractivity contribution is 0.102. The summed E-state index contributed by atoms with van der Waals surface area (Å²) in [7, 11) is 0. The van der Waals surface area contributed by atoms with E-state index in [0.717, 1.165) is 33.5 Å². The molecule has 122 valence electrons. The van der Waals surface area contributed by atoms with Gasteiger partial charge in [-0.3, -0.25) is 4.79 Å². The monoisotopic (exact) mass is 375 g/mol. The molecule has 1 amide bonds. The van der Waals surface area contributed by atoms with Gasteiger partial charge in [0.05, 0.1) is 11.1 Å². The van der Waals surface area contributed by atoms with Crippen molar-refractivity contribution in [3.05, 3.63) is 57.1 Å². The van der Waals surface area contributed by atoms with Crippen LogP contribution in [0.3, 0.4) is 0 Å². The lowest BCUT2D eigenvalue weighted by Gasteiger charge is -2.14. The normalized spacial score (nSPS) is 10.5. The van der Waals surface area contributed by atoms with Crippen molar-refractivity contribution >= 4 is 27.5 Å². The number of rotatable bonds is 5. The quantitative estimate of drug-likeness (QED) is 0.757. The van der Waals surface area contributed by atoms with Gasteiger partial charge in [-0.05, 0) is 72.4 Å². The first-order valence-corrected chi connectivity index (χ1v) is 8.53. The van der Waals surface area contributed by atoms with E-state index in [9.17, 15) is 4.79 Å². The number of benzene rings is 2. The number of aryl methyl sites for hydroxylation is 3. The average Bonchev–Trinajstić information content (AvgIpc) is 2.49. The molecule has 0 fully saturated rings. The Morgan fingerprint density at radius 2 is 1.78 bits per heavy atom. The molecule has 4 heteroatoms. The van der Waals surface area contributed by atoms with Crippen LogP contribution >= 0.6 is 15.9 Å². The molecular weight excluding hydrogens is 354 g/mol. The molecule has 0 spiro atoms. The zero-order valence-corrected chi connectivity index (χ0v) is 15.6. The van der Waals surface area contributed by atoms with Crippen LogP contribution < -0.4 is 10.1 Å². The van der Waals surface area contributed by atoms with E-state index in [4.69, 9.17) is 4.74 Å². The second kappa shape index (κ2) is 7.64. The van der Waals surface area contributed by atoms with Crippen molar-refractivity contribution in [1.29, 1.82) is 0 Å². The number of carbonyl (C=O) groups is 1. The largest absolute Gasteiger partial charge is 0.492 e. The second-order valence-corrected chi connectivity index (χ2v) is 6.58. The van der Waals surface area contributed by atoms with Crippen LogP contribution in [0.15, 0.2) is 34.8 Å². The zero-order valence-electron chi connectivity index (χ0n) is 14.0. The highest BCUT2D eigenvalue weighted by molar-refractivity contribution is 9.10. The van der Waals surface area contributed by atoms with Crippen LogP contribution in [0.4, 0.5) is 5.69 Å². The van der Waals surface area contributed by atoms with Gasteiger partial charge in [-0.1, -0.05) is 24.6 Å². The molecule has 23 heavy (non-hydrogen) atoms. The van der Waals surface area contributed by atoms with Gasteiger partial charge in [-0.2, -0.15) is 0 Å². The zero-order chi connectivity index (χ0) is 17.0. The summed E-state index contributed by atoms with van der Waals surface area (Å²) in [6.45, 7) is 8.78. The minimum absolute atomic E-state index is 0.122. The van der Waals surface area contributed by atoms with Gasteiger partial charge in [0, 0.05) is 11.3 Å². The van der Waals surface area contributed by atoms with Gasteiger partial charge in [0.15, 0.2) is 0 Å². The van der Waals surface area contributed by atoms with Crippen molar-refractivity contribution in [2.24, 2.45) is 0 Å². The van der Waals surface area contributed by atoms with E-state index < -0.39 is 0 Å². The number of carbonyl (C=O) groups excluding carboxylic acids is 1. The predicted molar refractivity (Wildman–Crippen MR) is 98.5 cm³/mol. The van der Waals surface area contributed by atoms with Gasteiger partial charge in [0.25, 0.3) is 5.91 Å². The fourth-order valence-electron chi connectivity index (χ4n) is 2.53. The van der Waals surface area contributed by atoms with Crippen molar-refractivity contribution in [3.8, 4) is 5.75 Å². The third-order valence-corrected chi connectivity index (χ3v) is 4.19. The van der Waals surface area contributed by atoms with Crippen molar-refractivity contribution in [3.63, 3.8) is 0 Å². The van der Waals surface area contributed by atoms with Gasteiger partial charge in [-0.15, -0.1) is 0 Å². The molecule has 2 rings (SSSR count). The van der Waals surface area contributed by atoms with Gasteiger partial charge < -0.3 is 10.1 Å². The summed E-state index contributed by atoms with van der Waals surface area (Å²) in [4.78, 5) is 12.5. The second-order valence-electron chi connectivity index (χ2n) is 5.72. The SMILES string of the molecule is CCCOc1ccc(C(=O)Nc2c(C)cc(C)cc2C)cc1Br. The molecule has 0 aromatic heterocycles. The van der Waals surface area contributed by atoms with Crippen LogP contribution in [0.25, 0.3) is 0 Å². The van der Waals surface area contributed by atoms with E-state index in [1.54, 1.807) is 12.1 Å². The van der Waals surface area contributed by atoms with Crippen molar-refractivity contribution in [1.82, 2.24) is 0 Å². The topological polar surface area (TPSA) is 38.3 Å². The van der Waals surface area contributed by atoms with Crippen LogP contribution in [0.5, 0.6) is 5.75 Å². The first-order valence-electron chi connectivity index (χ1n) is 7.74. The highest BCUT2D eigenvalue weighted by Gasteiger charge is 2.12. The Labute approximate surface area is 146 Å². The Morgan fingerprint density at radius 1 is 1.13 bits per heavy atom. The van der Waals surface area contributed by atoms with Crippen LogP contribution in [-0.4, -0.2) is 12.5 Å². The van der Waals surface area contributed by atoms with Crippen LogP contribution in [0, 0.1) is 20.8 Å². The number of anilines is 1. The van der Waals surface area contributed by atoms with Gasteiger partial charge in [0.1, 0.15) is 5.75 Å². The number of ether oxygens (including phenoxy) is 1. The number of nitrogens with one attached hydrogen (secondary N) is 1. The number of hydrogen-bond acceptors (Lipinski definition) is 2. The molecule has 0 unspecified atom stereocenters. The molecule has 1 N–H and O–H groups in total. The first kappa shape index (κ1) is 17.5. The van der Waals surface area contributed by atoms with E-state index in [0.29, 0.717) is 12.2 Å². The van der Waals surface area contributed by atoms with E-state index in [2.05, 4.69) is 47.2 Å². The summed E-state index contributed by atoms with van der Waals surface area (Å²) < 4.78 is 6.40. The molecule has 0 heterocycles. The van der Waals surface area contributed by atoms with Crippen LogP contribution in [-0.2, 0) is 0 Å². The number of halogens is 1. The Bertz CT molecular complexity index is 702. The van der Waals surface area contributed by atoms with Gasteiger partial charge >= 0.3 is 0 Å². The summed E-state index contributed by atoms with van der Waals surface area (Å²) >= 11 is 3.46. The molecule has 0 aliphatic carbocycles.